The van der Waals surface area contributed by atoms with Crippen LogP contribution in [0.15, 0.2) is 12.4 Å². The largest absolute Gasteiger partial charge is 0.383 e. The molecule has 5 nitrogen and oxygen atoms in total. The number of nitrogens with zero attached hydrogens (tertiary/aromatic N) is 3. The zero-order valence-corrected chi connectivity index (χ0v) is 12.8. The predicted molar refractivity (Wildman–Crippen MR) is 80.5 cm³/mol. The summed E-state index contributed by atoms with van der Waals surface area (Å²) >= 11 is 0. The van der Waals surface area contributed by atoms with Gasteiger partial charge in [-0.3, -0.25) is 9.58 Å². The van der Waals surface area contributed by atoms with Gasteiger partial charge in [0.25, 0.3) is 0 Å². The van der Waals surface area contributed by atoms with E-state index in [1.165, 1.54) is 18.4 Å². The van der Waals surface area contributed by atoms with Gasteiger partial charge >= 0.3 is 0 Å². The number of methoxy groups -OCH3 is 1. The summed E-state index contributed by atoms with van der Waals surface area (Å²) in [5.74, 6) is 0. The van der Waals surface area contributed by atoms with Gasteiger partial charge in [-0.15, -0.1) is 0 Å². The molecule has 2 N–H and O–H groups in total. The Balaban J connectivity index is 2.15. The third kappa shape index (κ3) is 3.81. The predicted octanol–water partition coefficient (Wildman–Crippen LogP) is 1.79. The van der Waals surface area contributed by atoms with Crippen molar-refractivity contribution in [3.05, 3.63) is 18.0 Å². The van der Waals surface area contributed by atoms with Gasteiger partial charge < -0.3 is 10.5 Å². The minimum absolute atomic E-state index is 0.189. The van der Waals surface area contributed by atoms with Crippen LogP contribution in [0.3, 0.4) is 0 Å². The quantitative estimate of drug-likeness (QED) is 0.863. The molecule has 2 heterocycles. The van der Waals surface area contributed by atoms with Crippen LogP contribution in [0.1, 0.15) is 44.2 Å². The number of hydrogen-bond donors (Lipinski definition) is 1. The molecule has 1 fully saturated rings. The Morgan fingerprint density at radius 3 is 3.00 bits per heavy atom. The molecule has 1 aromatic heterocycles. The van der Waals surface area contributed by atoms with Gasteiger partial charge in [-0.2, -0.15) is 5.10 Å². The Bertz CT molecular complexity index is 393. The second kappa shape index (κ2) is 7.76. The van der Waals surface area contributed by atoms with Gasteiger partial charge in [0.1, 0.15) is 0 Å². The van der Waals surface area contributed by atoms with Crippen molar-refractivity contribution in [3.8, 4) is 0 Å². The van der Waals surface area contributed by atoms with Crippen molar-refractivity contribution in [3.63, 3.8) is 0 Å². The maximum absolute atomic E-state index is 6.44. The van der Waals surface area contributed by atoms with E-state index >= 15 is 0 Å². The molecule has 2 rings (SSSR count). The van der Waals surface area contributed by atoms with Crippen LogP contribution in [0, 0.1) is 0 Å². The third-order valence-corrected chi connectivity index (χ3v) is 4.06. The van der Waals surface area contributed by atoms with Gasteiger partial charge in [0.2, 0.25) is 0 Å². The standard InChI is InChI=1S/C15H28N4O/c1-3-7-19-12-13(11-17-19)15-14(16)6-4-5-8-18(15)9-10-20-2/h11-12,14-15H,3-10,16H2,1-2H3. The van der Waals surface area contributed by atoms with Gasteiger partial charge in [-0.25, -0.2) is 0 Å². The Kier molecular flexibility index (Phi) is 6.01. The number of aromatic nitrogens is 2. The smallest absolute Gasteiger partial charge is 0.0589 e. The lowest BCUT2D eigenvalue weighted by molar-refractivity contribution is 0.115. The van der Waals surface area contributed by atoms with Crippen LogP contribution >= 0.6 is 0 Å². The van der Waals surface area contributed by atoms with E-state index in [0.717, 1.165) is 39.1 Å². The number of likely N-dealkylation sites (tertiary alicyclic amines) is 1. The lowest BCUT2D eigenvalue weighted by Gasteiger charge is -2.32. The molecule has 0 radical (unpaired) electrons. The van der Waals surface area contributed by atoms with Crippen LogP contribution in [0.25, 0.3) is 0 Å². The first-order valence-electron chi connectivity index (χ1n) is 7.77. The summed E-state index contributed by atoms with van der Waals surface area (Å²) in [7, 11) is 1.76. The number of nitrogens with two attached hydrogens (primary N) is 1. The minimum atomic E-state index is 0.189. The van der Waals surface area contributed by atoms with Gasteiger partial charge in [0.05, 0.1) is 18.8 Å². The highest BCUT2D eigenvalue weighted by Crippen LogP contribution is 2.29. The molecule has 2 atom stereocenters. The van der Waals surface area contributed by atoms with E-state index in [1.807, 2.05) is 10.9 Å². The van der Waals surface area contributed by atoms with Crippen LogP contribution in [0.2, 0.25) is 0 Å². The first-order valence-corrected chi connectivity index (χ1v) is 7.77. The summed E-state index contributed by atoms with van der Waals surface area (Å²) < 4.78 is 7.27. The van der Waals surface area contributed by atoms with Crippen LogP contribution in [0.4, 0.5) is 0 Å². The van der Waals surface area contributed by atoms with Crippen molar-refractivity contribution < 1.29 is 4.74 Å². The number of aryl methyl sites for hydroxylation is 1. The summed E-state index contributed by atoms with van der Waals surface area (Å²) in [5, 5.41) is 4.46. The normalized spacial score (nSPS) is 24.8. The van der Waals surface area contributed by atoms with Crippen molar-refractivity contribution in [2.24, 2.45) is 5.73 Å². The molecule has 0 saturated carbocycles. The molecule has 1 saturated heterocycles. The molecule has 20 heavy (non-hydrogen) atoms. The van der Waals surface area contributed by atoms with Crippen molar-refractivity contribution in [1.82, 2.24) is 14.7 Å². The first-order chi connectivity index (χ1) is 9.76. The highest BCUT2D eigenvalue weighted by molar-refractivity contribution is 5.14. The average Bonchev–Trinajstić information content (AvgIpc) is 2.80. The summed E-state index contributed by atoms with van der Waals surface area (Å²) in [5.41, 5.74) is 7.69. The molecule has 114 valence electrons. The molecular formula is C15H28N4O. The van der Waals surface area contributed by atoms with Crippen molar-refractivity contribution in [1.29, 1.82) is 0 Å². The maximum Gasteiger partial charge on any atom is 0.0589 e. The molecule has 0 aliphatic carbocycles. The van der Waals surface area contributed by atoms with E-state index in [2.05, 4.69) is 23.1 Å². The van der Waals surface area contributed by atoms with Crippen molar-refractivity contribution >= 4 is 0 Å². The van der Waals surface area contributed by atoms with Gasteiger partial charge in [0.15, 0.2) is 0 Å². The molecule has 0 aromatic carbocycles. The number of rotatable bonds is 6. The zero-order chi connectivity index (χ0) is 14.4. The second-order valence-corrected chi connectivity index (χ2v) is 5.67. The van der Waals surface area contributed by atoms with Gasteiger partial charge in [-0.1, -0.05) is 13.3 Å². The average molecular weight is 280 g/mol. The maximum atomic E-state index is 6.44. The lowest BCUT2D eigenvalue weighted by Crippen LogP contribution is -2.41. The summed E-state index contributed by atoms with van der Waals surface area (Å²) in [6, 6.07) is 0.465. The van der Waals surface area contributed by atoms with Crippen LogP contribution < -0.4 is 5.73 Å². The fraction of sp³-hybridized carbons (Fsp3) is 0.800. The zero-order valence-electron chi connectivity index (χ0n) is 12.8. The highest BCUT2D eigenvalue weighted by Gasteiger charge is 2.29. The van der Waals surface area contributed by atoms with E-state index in [-0.39, 0.29) is 12.1 Å². The molecule has 2 unspecified atom stereocenters. The van der Waals surface area contributed by atoms with E-state index in [1.54, 1.807) is 7.11 Å². The molecular weight excluding hydrogens is 252 g/mol. The van der Waals surface area contributed by atoms with Crippen molar-refractivity contribution in [2.75, 3.05) is 26.8 Å². The summed E-state index contributed by atoms with van der Waals surface area (Å²) in [4.78, 5) is 2.47. The number of hydrogen-bond acceptors (Lipinski definition) is 4. The topological polar surface area (TPSA) is 56.3 Å². The summed E-state index contributed by atoms with van der Waals surface area (Å²) in [6.45, 7) is 5.94. The summed E-state index contributed by atoms with van der Waals surface area (Å²) in [6.07, 6.45) is 8.78. The number of ether oxygens (including phenoxy) is 1. The van der Waals surface area contributed by atoms with Crippen LogP contribution in [-0.2, 0) is 11.3 Å². The minimum Gasteiger partial charge on any atom is -0.383 e. The fourth-order valence-corrected chi connectivity index (χ4v) is 3.06. The third-order valence-electron chi connectivity index (χ3n) is 4.06. The van der Waals surface area contributed by atoms with Gasteiger partial charge in [0, 0.05) is 38.0 Å². The fourth-order valence-electron chi connectivity index (χ4n) is 3.06. The van der Waals surface area contributed by atoms with Crippen LogP contribution in [0.5, 0.6) is 0 Å². The van der Waals surface area contributed by atoms with E-state index < -0.39 is 0 Å². The Morgan fingerprint density at radius 1 is 1.40 bits per heavy atom. The molecule has 1 aliphatic heterocycles. The Morgan fingerprint density at radius 2 is 2.25 bits per heavy atom. The molecule has 0 spiro atoms. The SMILES string of the molecule is CCCn1cc(C2C(N)CCCCN2CCOC)cn1. The molecule has 1 aromatic rings. The molecule has 5 heteroatoms. The van der Waals surface area contributed by atoms with Gasteiger partial charge in [-0.05, 0) is 25.8 Å². The lowest BCUT2D eigenvalue weighted by atomic mass is 9.99. The molecule has 0 amide bonds. The molecule has 0 bridgehead atoms. The second-order valence-electron chi connectivity index (χ2n) is 5.67. The molecule has 1 aliphatic rings. The van der Waals surface area contributed by atoms with E-state index in [4.69, 9.17) is 10.5 Å². The highest BCUT2D eigenvalue weighted by atomic mass is 16.5. The Hall–Kier alpha value is -0.910. The first kappa shape index (κ1) is 15.5. The van der Waals surface area contributed by atoms with E-state index in [0.29, 0.717) is 0 Å². The van der Waals surface area contributed by atoms with Crippen LogP contribution in [-0.4, -0.2) is 47.5 Å². The van der Waals surface area contributed by atoms with Crippen molar-refractivity contribution in [2.45, 2.75) is 51.2 Å². The van der Waals surface area contributed by atoms with E-state index in [9.17, 15) is 0 Å². The monoisotopic (exact) mass is 280 g/mol. The Labute approximate surface area is 122 Å².